The van der Waals surface area contributed by atoms with Crippen LogP contribution in [0.25, 0.3) is 22.7 Å². The highest BCUT2D eigenvalue weighted by molar-refractivity contribution is 7.13. The minimum atomic E-state index is 0.258. The molecule has 0 saturated heterocycles. The molecule has 0 aliphatic heterocycles. The molecule has 0 aliphatic carbocycles. The molecule has 0 bridgehead atoms. The Labute approximate surface area is 156 Å². The summed E-state index contributed by atoms with van der Waals surface area (Å²) in [4.78, 5) is 4.50. The second-order valence-corrected chi connectivity index (χ2v) is 7.01. The van der Waals surface area contributed by atoms with E-state index in [9.17, 15) is 5.11 Å². The van der Waals surface area contributed by atoms with Crippen molar-refractivity contribution in [1.29, 1.82) is 0 Å². The lowest BCUT2D eigenvalue weighted by Crippen LogP contribution is -2.31. The van der Waals surface area contributed by atoms with Crippen LogP contribution in [0.3, 0.4) is 0 Å². The molecule has 0 fully saturated rings. The van der Waals surface area contributed by atoms with Crippen molar-refractivity contribution in [3.63, 3.8) is 0 Å². The maximum absolute atomic E-state index is 9.79. The number of benzene rings is 1. The van der Waals surface area contributed by atoms with Crippen molar-refractivity contribution < 1.29 is 5.11 Å². The lowest BCUT2D eigenvalue weighted by Gasteiger charge is -2.15. The van der Waals surface area contributed by atoms with E-state index in [1.54, 1.807) is 29.5 Å². The fourth-order valence-electron chi connectivity index (χ4n) is 1.55. The van der Waals surface area contributed by atoms with Gasteiger partial charge in [0.05, 0.1) is 15.4 Å². The first-order valence-electron chi connectivity index (χ1n) is 8.55. The van der Waals surface area contributed by atoms with Crippen LogP contribution in [0.1, 0.15) is 41.5 Å². The number of phenolic OH excluding ortho intramolecular Hbond substituents is 1. The molecule has 0 saturated carbocycles. The summed E-state index contributed by atoms with van der Waals surface area (Å²) in [5.41, 5.74) is 1.06. The molecule has 0 unspecified atom stereocenters. The Bertz CT molecular complexity index is 755. The molecule has 0 aliphatic rings. The van der Waals surface area contributed by atoms with Gasteiger partial charge in [-0.3, -0.25) is 0 Å². The molecule has 1 aromatic heterocycles. The summed E-state index contributed by atoms with van der Waals surface area (Å²) in [5, 5.41) is 14.6. The van der Waals surface area contributed by atoms with Crippen molar-refractivity contribution in [1.82, 2.24) is 10.3 Å². The smallest absolute Gasteiger partial charge is 0.128 e. The largest absolute Gasteiger partial charge is 0.507 e. The third-order valence-electron chi connectivity index (χ3n) is 3.11. The maximum Gasteiger partial charge on any atom is 0.128 e. The highest BCUT2D eigenvalue weighted by atomic mass is 32.1. The Morgan fingerprint density at radius 3 is 2.20 bits per heavy atom. The third-order valence-corrected chi connectivity index (χ3v) is 4.18. The molecular formula is C21H32N2OS. The van der Waals surface area contributed by atoms with Crippen LogP contribution in [0.15, 0.2) is 36.9 Å². The van der Waals surface area contributed by atoms with E-state index in [-0.39, 0.29) is 5.75 Å². The number of nitrogens with zero attached hydrogens (tertiary/aromatic N) is 1. The minimum absolute atomic E-state index is 0.258. The van der Waals surface area contributed by atoms with Gasteiger partial charge in [0.1, 0.15) is 10.8 Å². The molecule has 0 radical (unpaired) electrons. The summed E-state index contributed by atoms with van der Waals surface area (Å²) >= 11 is 1.55. The van der Waals surface area contributed by atoms with Crippen LogP contribution in [0, 0.1) is 0 Å². The van der Waals surface area contributed by atoms with Gasteiger partial charge in [0.2, 0.25) is 0 Å². The van der Waals surface area contributed by atoms with Crippen molar-refractivity contribution in [2.24, 2.45) is 0 Å². The first-order valence-corrected chi connectivity index (χ1v) is 9.37. The number of phenols is 1. The number of allylic oxidation sites excluding steroid dienone is 1. The topological polar surface area (TPSA) is 45.2 Å². The van der Waals surface area contributed by atoms with E-state index in [0.717, 1.165) is 20.5 Å². The molecule has 25 heavy (non-hydrogen) atoms. The molecule has 2 rings (SSSR count). The predicted octanol–water partition coefficient (Wildman–Crippen LogP) is 4.31. The highest BCUT2D eigenvalue weighted by Gasteiger charge is 2.07. The standard InChI is InChI=1S/C14H13NOS.C5H13N.C2H6/c1-3-7-13-11(4-2)15-14(17-13)10-8-5-6-9-12(10)16;1-5(2,3)6-4;1-2/h3-9,16H,1H2,2H3;6H,1-4H3;1-2H3/b11-4+,13-7+;;. The number of aromatic hydroxyl groups is 1. The Balaban J connectivity index is 0.000000614. The van der Waals surface area contributed by atoms with Crippen molar-refractivity contribution >= 4 is 23.5 Å². The number of para-hydroxylation sites is 1. The van der Waals surface area contributed by atoms with Gasteiger partial charge in [0, 0.05) is 5.54 Å². The van der Waals surface area contributed by atoms with Crippen LogP contribution in [-0.2, 0) is 0 Å². The normalized spacial score (nSPS) is 12.0. The molecule has 1 aromatic carbocycles. The number of rotatable bonds is 2. The van der Waals surface area contributed by atoms with E-state index in [0.29, 0.717) is 5.54 Å². The van der Waals surface area contributed by atoms with Gasteiger partial charge in [-0.2, -0.15) is 0 Å². The second kappa shape index (κ2) is 11.6. The van der Waals surface area contributed by atoms with Crippen molar-refractivity contribution in [2.45, 2.75) is 47.1 Å². The van der Waals surface area contributed by atoms with Crippen molar-refractivity contribution in [3.05, 3.63) is 46.8 Å². The minimum Gasteiger partial charge on any atom is -0.507 e. The Kier molecular flexibility index (Phi) is 10.7. The molecular weight excluding hydrogens is 328 g/mol. The summed E-state index contributed by atoms with van der Waals surface area (Å²) in [5.74, 6) is 0.258. The lowest BCUT2D eigenvalue weighted by molar-refractivity contribution is 0.469. The zero-order chi connectivity index (χ0) is 19.5. The predicted molar refractivity (Wildman–Crippen MR) is 113 cm³/mol. The van der Waals surface area contributed by atoms with Crippen LogP contribution in [0.5, 0.6) is 5.75 Å². The van der Waals surface area contributed by atoms with E-state index in [1.165, 1.54) is 0 Å². The summed E-state index contributed by atoms with van der Waals surface area (Å²) in [6.45, 7) is 16.0. The van der Waals surface area contributed by atoms with Crippen LogP contribution in [0.2, 0.25) is 0 Å². The van der Waals surface area contributed by atoms with Gasteiger partial charge >= 0.3 is 0 Å². The SMILES string of the molecule is C=C/C=c1/sc(-c2ccccc2O)n/c1=C/C.CC.CNC(C)(C)C. The summed E-state index contributed by atoms with van der Waals surface area (Å²) in [7, 11) is 1.96. The van der Waals surface area contributed by atoms with E-state index >= 15 is 0 Å². The molecule has 0 atom stereocenters. The molecule has 4 heteroatoms. The summed E-state index contributed by atoms with van der Waals surface area (Å²) < 4.78 is 1.06. The summed E-state index contributed by atoms with van der Waals surface area (Å²) in [6, 6.07) is 7.23. The Morgan fingerprint density at radius 1 is 1.20 bits per heavy atom. The fraction of sp³-hybridized carbons (Fsp3) is 0.381. The second-order valence-electron chi connectivity index (χ2n) is 5.98. The number of thiazole rings is 1. The average Bonchev–Trinajstić information content (AvgIpc) is 3.00. The first kappa shape index (κ1) is 23.1. The van der Waals surface area contributed by atoms with Crippen LogP contribution >= 0.6 is 11.3 Å². The van der Waals surface area contributed by atoms with Gasteiger partial charge in [-0.05, 0) is 53.0 Å². The number of nitrogens with one attached hydrogen (secondary N) is 1. The zero-order valence-corrected chi connectivity index (χ0v) is 17.4. The van der Waals surface area contributed by atoms with Crippen molar-refractivity contribution in [2.75, 3.05) is 7.05 Å². The van der Waals surface area contributed by atoms with Gasteiger partial charge in [-0.15, -0.1) is 11.3 Å². The molecule has 2 N–H and O–H groups in total. The monoisotopic (exact) mass is 360 g/mol. The number of hydrogen-bond donors (Lipinski definition) is 2. The van der Waals surface area contributed by atoms with Gasteiger partial charge < -0.3 is 10.4 Å². The average molecular weight is 361 g/mol. The third kappa shape index (κ3) is 8.14. The molecule has 138 valence electrons. The molecule has 0 spiro atoms. The molecule has 1 heterocycles. The maximum atomic E-state index is 9.79. The fourth-order valence-corrected chi connectivity index (χ4v) is 2.61. The summed E-state index contributed by atoms with van der Waals surface area (Å²) in [6.07, 6.45) is 5.63. The Morgan fingerprint density at radius 2 is 1.76 bits per heavy atom. The van der Waals surface area contributed by atoms with Crippen LogP contribution in [-0.4, -0.2) is 22.7 Å². The lowest BCUT2D eigenvalue weighted by atomic mass is 10.1. The quantitative estimate of drug-likeness (QED) is 0.839. The van der Waals surface area contributed by atoms with Gasteiger partial charge in [0.25, 0.3) is 0 Å². The number of hydrogen-bond acceptors (Lipinski definition) is 4. The highest BCUT2D eigenvalue weighted by Crippen LogP contribution is 2.27. The van der Waals surface area contributed by atoms with E-state index in [2.05, 4.69) is 37.7 Å². The van der Waals surface area contributed by atoms with Gasteiger partial charge in [-0.25, -0.2) is 4.98 Å². The van der Waals surface area contributed by atoms with Gasteiger partial charge in [0.15, 0.2) is 0 Å². The number of aromatic nitrogens is 1. The van der Waals surface area contributed by atoms with Gasteiger partial charge in [-0.1, -0.05) is 44.7 Å². The van der Waals surface area contributed by atoms with E-state index in [4.69, 9.17) is 0 Å². The molecule has 3 nitrogen and oxygen atoms in total. The molecule has 2 aromatic rings. The van der Waals surface area contributed by atoms with Crippen LogP contribution in [0.4, 0.5) is 0 Å². The van der Waals surface area contributed by atoms with Crippen molar-refractivity contribution in [3.8, 4) is 16.3 Å². The zero-order valence-electron chi connectivity index (χ0n) is 16.6. The van der Waals surface area contributed by atoms with E-state index < -0.39 is 0 Å². The van der Waals surface area contributed by atoms with Crippen LogP contribution < -0.4 is 15.2 Å². The Hall–Kier alpha value is -1.91. The molecule has 0 amide bonds. The first-order chi connectivity index (χ1) is 11.8. The van der Waals surface area contributed by atoms with E-state index in [1.807, 2.05) is 52.1 Å².